The Morgan fingerprint density at radius 3 is 2.50 bits per heavy atom. The topological polar surface area (TPSA) is 81.4 Å². The van der Waals surface area contributed by atoms with Gasteiger partial charge in [0.05, 0.1) is 12.2 Å². The zero-order chi connectivity index (χ0) is 15.0. The maximum atomic E-state index is 11.6. The number of nitrogens with one attached hydrogen (secondary N) is 1. The normalized spacial score (nSPS) is 11.8. The lowest BCUT2D eigenvalue weighted by atomic mass is 10.1. The monoisotopic (exact) mass is 278 g/mol. The van der Waals surface area contributed by atoms with Crippen LogP contribution in [0.3, 0.4) is 0 Å². The van der Waals surface area contributed by atoms with Crippen LogP contribution in [0.25, 0.3) is 0 Å². The van der Waals surface area contributed by atoms with E-state index in [1.807, 2.05) is 13.8 Å². The number of ether oxygens (including phenoxy) is 1. The third-order valence-corrected chi connectivity index (χ3v) is 2.67. The molecule has 0 aromatic heterocycles. The molecule has 5 nitrogen and oxygen atoms in total. The van der Waals surface area contributed by atoms with E-state index in [1.54, 1.807) is 24.3 Å². The van der Waals surface area contributed by atoms with Crippen molar-refractivity contribution in [1.29, 1.82) is 0 Å². The number of anilines is 1. The number of hydrogen-bond donors (Lipinski definition) is 2. The Labute approximate surface area is 119 Å². The van der Waals surface area contributed by atoms with Crippen LogP contribution in [-0.4, -0.2) is 24.5 Å². The third-order valence-electron chi connectivity index (χ3n) is 2.67. The number of nitrogens with two attached hydrogens (primary N) is 1. The minimum Gasteiger partial charge on any atom is -0.462 e. The van der Waals surface area contributed by atoms with Crippen LogP contribution in [0.15, 0.2) is 24.3 Å². The summed E-state index contributed by atoms with van der Waals surface area (Å²) in [5, 5.41) is 2.76. The van der Waals surface area contributed by atoms with Gasteiger partial charge in [-0.05, 0) is 44.0 Å². The zero-order valence-electron chi connectivity index (χ0n) is 12.0. The Hall–Kier alpha value is -1.88. The Bertz CT molecular complexity index is 441. The molecule has 1 unspecified atom stereocenters. The minimum atomic E-state index is -0.346. The van der Waals surface area contributed by atoms with Crippen LogP contribution < -0.4 is 11.1 Å². The SMILES string of the molecule is CCCOC(=O)c1ccc(NC(=O)CCC(C)N)cc1. The van der Waals surface area contributed by atoms with Crippen LogP contribution in [0.5, 0.6) is 0 Å². The predicted octanol–water partition coefficient (Wildman–Crippen LogP) is 2.32. The van der Waals surface area contributed by atoms with Gasteiger partial charge in [0.15, 0.2) is 0 Å². The van der Waals surface area contributed by atoms with Crippen molar-refractivity contribution in [3.8, 4) is 0 Å². The van der Waals surface area contributed by atoms with E-state index >= 15 is 0 Å². The fraction of sp³-hybridized carbons (Fsp3) is 0.467. The van der Waals surface area contributed by atoms with Crippen LogP contribution in [0, 0.1) is 0 Å². The van der Waals surface area contributed by atoms with Crippen LogP contribution in [0.2, 0.25) is 0 Å². The summed E-state index contributed by atoms with van der Waals surface area (Å²) in [6, 6.07) is 6.66. The molecule has 0 aliphatic rings. The number of carbonyl (C=O) groups excluding carboxylic acids is 2. The molecule has 1 amide bonds. The molecule has 0 aliphatic heterocycles. The van der Waals surface area contributed by atoms with Crippen molar-refractivity contribution in [2.45, 2.75) is 39.2 Å². The molecule has 1 aromatic carbocycles. The molecular weight excluding hydrogens is 256 g/mol. The molecule has 20 heavy (non-hydrogen) atoms. The summed E-state index contributed by atoms with van der Waals surface area (Å²) < 4.78 is 5.02. The first-order chi connectivity index (χ1) is 9.52. The van der Waals surface area contributed by atoms with Gasteiger partial charge >= 0.3 is 5.97 Å². The van der Waals surface area contributed by atoms with E-state index in [0.717, 1.165) is 6.42 Å². The second kappa shape index (κ2) is 8.32. The molecule has 0 spiro atoms. The highest BCUT2D eigenvalue weighted by Gasteiger charge is 2.08. The Kier molecular flexibility index (Phi) is 6.73. The maximum Gasteiger partial charge on any atom is 0.338 e. The van der Waals surface area contributed by atoms with E-state index in [0.29, 0.717) is 30.7 Å². The average Bonchev–Trinajstić information content (AvgIpc) is 2.43. The lowest BCUT2D eigenvalue weighted by molar-refractivity contribution is -0.116. The molecular formula is C15H22N2O3. The van der Waals surface area contributed by atoms with Gasteiger partial charge in [-0.1, -0.05) is 6.92 Å². The summed E-state index contributed by atoms with van der Waals surface area (Å²) >= 11 is 0. The number of rotatable bonds is 7. The first kappa shape index (κ1) is 16.2. The highest BCUT2D eigenvalue weighted by atomic mass is 16.5. The van der Waals surface area contributed by atoms with Gasteiger partial charge in [0, 0.05) is 18.2 Å². The van der Waals surface area contributed by atoms with Crippen molar-refractivity contribution in [1.82, 2.24) is 0 Å². The van der Waals surface area contributed by atoms with Crippen molar-refractivity contribution >= 4 is 17.6 Å². The Morgan fingerprint density at radius 1 is 1.30 bits per heavy atom. The molecule has 0 aliphatic carbocycles. The molecule has 1 rings (SSSR count). The molecule has 1 aromatic rings. The minimum absolute atomic E-state index is 0.0106. The summed E-state index contributed by atoms with van der Waals surface area (Å²) in [5.74, 6) is -0.426. The van der Waals surface area contributed by atoms with Crippen molar-refractivity contribution in [3.63, 3.8) is 0 Å². The van der Waals surface area contributed by atoms with Crippen LogP contribution in [0.4, 0.5) is 5.69 Å². The Morgan fingerprint density at radius 2 is 1.95 bits per heavy atom. The lowest BCUT2D eigenvalue weighted by Crippen LogP contribution is -2.19. The highest BCUT2D eigenvalue weighted by molar-refractivity contribution is 5.93. The van der Waals surface area contributed by atoms with Crippen LogP contribution >= 0.6 is 0 Å². The van der Waals surface area contributed by atoms with Gasteiger partial charge in [0.1, 0.15) is 0 Å². The van der Waals surface area contributed by atoms with Gasteiger partial charge in [-0.25, -0.2) is 4.79 Å². The predicted molar refractivity (Wildman–Crippen MR) is 78.5 cm³/mol. The molecule has 0 saturated heterocycles. The summed E-state index contributed by atoms with van der Waals surface area (Å²) in [6.07, 6.45) is 1.82. The standard InChI is InChI=1S/C15H22N2O3/c1-3-10-20-15(19)12-5-7-13(8-6-12)17-14(18)9-4-11(2)16/h5-8,11H,3-4,9-10,16H2,1-2H3,(H,17,18). The number of esters is 1. The fourth-order valence-corrected chi connectivity index (χ4v) is 1.55. The van der Waals surface area contributed by atoms with Crippen molar-refractivity contribution in [2.24, 2.45) is 5.73 Å². The first-order valence-electron chi connectivity index (χ1n) is 6.85. The third kappa shape index (κ3) is 5.84. The largest absolute Gasteiger partial charge is 0.462 e. The highest BCUT2D eigenvalue weighted by Crippen LogP contribution is 2.11. The molecule has 1 atom stereocenters. The van der Waals surface area contributed by atoms with Crippen molar-refractivity contribution in [3.05, 3.63) is 29.8 Å². The van der Waals surface area contributed by atoms with E-state index < -0.39 is 0 Å². The summed E-state index contributed by atoms with van der Waals surface area (Å²) in [5.41, 5.74) is 6.73. The van der Waals surface area contributed by atoms with Crippen molar-refractivity contribution in [2.75, 3.05) is 11.9 Å². The molecule has 3 N–H and O–H groups in total. The molecule has 0 saturated carbocycles. The molecule has 0 heterocycles. The fourth-order valence-electron chi connectivity index (χ4n) is 1.55. The van der Waals surface area contributed by atoms with E-state index in [2.05, 4.69) is 5.32 Å². The number of amides is 1. The summed E-state index contributed by atoms with van der Waals surface area (Å²) in [6.45, 7) is 4.21. The molecule has 0 fully saturated rings. The molecule has 110 valence electrons. The van der Waals surface area contributed by atoms with Crippen LogP contribution in [0.1, 0.15) is 43.5 Å². The second-order valence-corrected chi connectivity index (χ2v) is 4.78. The summed E-state index contributed by atoms with van der Waals surface area (Å²) in [7, 11) is 0. The van der Waals surface area contributed by atoms with Gasteiger partial charge in [-0.2, -0.15) is 0 Å². The van der Waals surface area contributed by atoms with E-state index in [1.165, 1.54) is 0 Å². The maximum absolute atomic E-state index is 11.6. The average molecular weight is 278 g/mol. The molecule has 0 radical (unpaired) electrons. The van der Waals surface area contributed by atoms with Crippen LogP contribution in [-0.2, 0) is 9.53 Å². The molecule has 0 bridgehead atoms. The quantitative estimate of drug-likeness (QED) is 0.750. The van der Waals surface area contributed by atoms with E-state index in [4.69, 9.17) is 10.5 Å². The van der Waals surface area contributed by atoms with E-state index in [9.17, 15) is 9.59 Å². The second-order valence-electron chi connectivity index (χ2n) is 4.78. The van der Waals surface area contributed by atoms with Gasteiger partial charge in [-0.15, -0.1) is 0 Å². The number of carbonyl (C=O) groups is 2. The van der Waals surface area contributed by atoms with Gasteiger partial charge < -0.3 is 15.8 Å². The first-order valence-corrected chi connectivity index (χ1v) is 6.85. The van der Waals surface area contributed by atoms with Gasteiger partial charge in [0.2, 0.25) is 5.91 Å². The molecule has 5 heteroatoms. The Balaban J connectivity index is 2.50. The number of benzene rings is 1. The van der Waals surface area contributed by atoms with Gasteiger partial charge in [-0.3, -0.25) is 4.79 Å². The van der Waals surface area contributed by atoms with Crippen molar-refractivity contribution < 1.29 is 14.3 Å². The smallest absolute Gasteiger partial charge is 0.338 e. The lowest BCUT2D eigenvalue weighted by Gasteiger charge is -2.08. The zero-order valence-corrected chi connectivity index (χ0v) is 12.0. The van der Waals surface area contributed by atoms with Gasteiger partial charge in [0.25, 0.3) is 0 Å². The number of hydrogen-bond acceptors (Lipinski definition) is 4. The summed E-state index contributed by atoms with van der Waals surface area (Å²) in [4.78, 5) is 23.2. The van der Waals surface area contributed by atoms with E-state index in [-0.39, 0.29) is 17.9 Å².